The molecule has 1 spiro atoms. The molecule has 0 unspecified atom stereocenters. The van der Waals surface area contributed by atoms with E-state index in [9.17, 15) is 19.5 Å². The van der Waals surface area contributed by atoms with Crippen molar-refractivity contribution in [1.82, 2.24) is 10.2 Å². The zero-order valence-corrected chi connectivity index (χ0v) is 27.5. The Labute approximate surface area is 280 Å². The number of fused-ring (bicyclic) bond motifs is 2. The molecule has 0 aliphatic carbocycles. The van der Waals surface area contributed by atoms with Crippen molar-refractivity contribution < 1.29 is 33.8 Å². The Bertz CT molecular complexity index is 1570. The number of rotatable bonds is 5. The third-order valence-corrected chi connectivity index (χ3v) is 10.0. The van der Waals surface area contributed by atoms with E-state index in [0.29, 0.717) is 21.6 Å². The monoisotopic (exact) mass is 711 g/mol. The number of aliphatic hydroxyl groups is 1. The lowest BCUT2D eigenvalue weighted by Gasteiger charge is -2.38. The summed E-state index contributed by atoms with van der Waals surface area (Å²) in [5.74, 6) is -3.91. The smallest absolute Gasteiger partial charge is 0.313 e. The molecule has 2 aromatic carbocycles. The first-order valence-electron chi connectivity index (χ1n) is 15.4. The third kappa shape index (κ3) is 5.90. The van der Waals surface area contributed by atoms with Crippen LogP contribution < -0.4 is 10.2 Å². The first-order chi connectivity index (χ1) is 22.1. The predicted molar refractivity (Wildman–Crippen MR) is 174 cm³/mol. The van der Waals surface area contributed by atoms with Gasteiger partial charge in [0, 0.05) is 28.2 Å². The number of nitrogens with one attached hydrogen (secondary N) is 1. The van der Waals surface area contributed by atoms with Gasteiger partial charge in [-0.2, -0.15) is 0 Å². The summed E-state index contributed by atoms with van der Waals surface area (Å²) in [6.45, 7) is 1.48. The van der Waals surface area contributed by atoms with Crippen LogP contribution in [0, 0.1) is 11.8 Å². The lowest BCUT2D eigenvalue weighted by Crippen LogP contribution is -2.59. The molecule has 46 heavy (non-hydrogen) atoms. The topological polar surface area (TPSA) is 125 Å². The molecule has 2 aromatic rings. The molecule has 6 rings (SSSR count). The molecular weight excluding hydrogens is 678 g/mol. The van der Waals surface area contributed by atoms with Gasteiger partial charge in [-0.1, -0.05) is 70.0 Å². The molecule has 0 radical (unpaired) electrons. The third-order valence-electron chi connectivity index (χ3n) is 9.09. The Morgan fingerprint density at radius 2 is 1.80 bits per heavy atom. The molecule has 10 nitrogen and oxygen atoms in total. The van der Waals surface area contributed by atoms with Crippen molar-refractivity contribution in [2.75, 3.05) is 24.6 Å². The van der Waals surface area contributed by atoms with Crippen molar-refractivity contribution >= 4 is 56.9 Å². The predicted octanol–water partition coefficient (Wildman–Crippen LogP) is 3.55. The quantitative estimate of drug-likeness (QED) is 0.359. The number of amides is 3. The lowest BCUT2D eigenvalue weighted by atomic mass is 9.74. The number of carbonyl (C=O) groups excluding carboxylic acids is 4. The average Bonchev–Trinajstić information content (AvgIpc) is 3.64. The van der Waals surface area contributed by atoms with E-state index in [1.54, 1.807) is 43.3 Å². The van der Waals surface area contributed by atoms with Crippen LogP contribution in [0.2, 0.25) is 5.02 Å². The van der Waals surface area contributed by atoms with E-state index in [4.69, 9.17) is 21.1 Å². The summed E-state index contributed by atoms with van der Waals surface area (Å²) in [6, 6.07) is 14.2. The summed E-state index contributed by atoms with van der Waals surface area (Å²) in [4.78, 5) is 58.9. The fourth-order valence-corrected chi connectivity index (χ4v) is 7.87. The Kier molecular flexibility index (Phi) is 9.38. The number of benzene rings is 2. The van der Waals surface area contributed by atoms with Crippen LogP contribution in [0.1, 0.15) is 25.3 Å². The van der Waals surface area contributed by atoms with Crippen molar-refractivity contribution in [3.63, 3.8) is 0 Å². The number of nitrogens with zero attached hydrogens (tertiary/aromatic N) is 2. The molecule has 2 fully saturated rings. The number of likely N-dealkylation sites (tertiary alicyclic amines) is 1. The summed E-state index contributed by atoms with van der Waals surface area (Å²) in [7, 11) is 0. The minimum absolute atomic E-state index is 0.106. The molecule has 4 heterocycles. The fraction of sp³-hybridized carbons (Fsp3) is 0.412. The van der Waals surface area contributed by atoms with Crippen molar-refractivity contribution in [2.24, 2.45) is 11.8 Å². The van der Waals surface area contributed by atoms with Crippen LogP contribution in [0.25, 0.3) is 0 Å². The highest BCUT2D eigenvalue weighted by molar-refractivity contribution is 9.11. The molecule has 0 aromatic heterocycles. The molecule has 242 valence electrons. The normalized spacial score (nSPS) is 31.3. The molecular formula is C34H35BrClN3O7. The maximum absolute atomic E-state index is 15.0. The fourth-order valence-electron chi connectivity index (χ4n) is 7.00. The van der Waals surface area contributed by atoms with Gasteiger partial charge in [-0.3, -0.25) is 19.2 Å². The second-order valence-electron chi connectivity index (χ2n) is 12.1. The van der Waals surface area contributed by atoms with E-state index in [2.05, 4.69) is 21.2 Å². The van der Waals surface area contributed by atoms with Gasteiger partial charge in [0.2, 0.25) is 11.8 Å². The highest BCUT2D eigenvalue weighted by atomic mass is 79.9. The van der Waals surface area contributed by atoms with Gasteiger partial charge in [0.1, 0.15) is 29.8 Å². The molecule has 12 heteroatoms. The number of hydrogen-bond donors (Lipinski definition) is 2. The molecule has 3 amide bonds. The number of cyclic esters (lactones) is 1. The minimum Gasteiger partial charge on any atom is -0.460 e. The first-order valence-corrected chi connectivity index (χ1v) is 16.5. The molecule has 4 aliphatic rings. The van der Waals surface area contributed by atoms with Crippen molar-refractivity contribution in [3.05, 3.63) is 87.9 Å². The van der Waals surface area contributed by atoms with Crippen LogP contribution in [-0.4, -0.2) is 83.3 Å². The number of carbonyl (C=O) groups is 4. The number of anilines is 1. The molecule has 0 saturated carbocycles. The maximum atomic E-state index is 15.0. The largest absolute Gasteiger partial charge is 0.460 e. The molecule has 4 aliphatic heterocycles. The summed E-state index contributed by atoms with van der Waals surface area (Å²) in [5.41, 5.74) is -0.104. The van der Waals surface area contributed by atoms with Crippen LogP contribution in [-0.2, 0) is 35.1 Å². The van der Waals surface area contributed by atoms with Gasteiger partial charge < -0.3 is 29.7 Å². The van der Waals surface area contributed by atoms with E-state index in [1.807, 2.05) is 36.4 Å². The van der Waals surface area contributed by atoms with E-state index in [0.717, 1.165) is 5.56 Å². The number of esters is 1. The number of allylic oxidation sites excluding steroid dienone is 1. The van der Waals surface area contributed by atoms with Gasteiger partial charge >= 0.3 is 5.97 Å². The molecule has 2 saturated heterocycles. The minimum atomic E-state index is -1.51. The summed E-state index contributed by atoms with van der Waals surface area (Å²) in [5, 5.41) is 14.0. The highest BCUT2D eigenvalue weighted by Gasteiger charge is 2.75. The van der Waals surface area contributed by atoms with Gasteiger partial charge in [-0.15, -0.1) is 0 Å². The summed E-state index contributed by atoms with van der Waals surface area (Å²) >= 11 is 9.75. The van der Waals surface area contributed by atoms with Gasteiger partial charge in [0.25, 0.3) is 5.91 Å². The SMILES string of the molecule is C[C@@H]1CNC(=O)CC/C=C\CN(c2ccc(Cl)cc2)C(=O)[C@@H]2N([C@@H](CO)Cc3ccccc3)C(=O)[C@H]3[C@H](C(=O)O1)[C@H]1O[C@@]23C=C1Br. The van der Waals surface area contributed by atoms with Crippen LogP contribution in [0.4, 0.5) is 5.69 Å². The Morgan fingerprint density at radius 3 is 2.52 bits per heavy atom. The second kappa shape index (κ2) is 13.3. The van der Waals surface area contributed by atoms with Crippen LogP contribution >= 0.6 is 27.5 Å². The zero-order valence-electron chi connectivity index (χ0n) is 25.2. The molecule has 7 atom stereocenters. The summed E-state index contributed by atoms with van der Waals surface area (Å²) < 4.78 is 12.9. The van der Waals surface area contributed by atoms with Crippen LogP contribution in [0.5, 0.6) is 0 Å². The Morgan fingerprint density at radius 1 is 1.07 bits per heavy atom. The number of hydrogen-bond acceptors (Lipinski definition) is 7. The summed E-state index contributed by atoms with van der Waals surface area (Å²) in [6.07, 6.45) is 4.77. The van der Waals surface area contributed by atoms with E-state index in [1.165, 1.54) is 9.80 Å². The van der Waals surface area contributed by atoms with Crippen LogP contribution in [0.15, 0.2) is 77.3 Å². The second-order valence-corrected chi connectivity index (χ2v) is 13.4. The molecule has 5 bridgehead atoms. The maximum Gasteiger partial charge on any atom is 0.313 e. The van der Waals surface area contributed by atoms with Gasteiger partial charge in [0.15, 0.2) is 0 Å². The standard InChI is InChI=1S/C34H35BrClN3O7/c1-20-18-37-26(41)10-6-3-7-15-38(23-13-11-22(36)12-14-23)32(43)30-34-17-25(35)29(46-34)27(33(44)45-20)28(34)31(42)39(30)24(19-40)16-21-8-4-2-5-9-21/h2-5,7-9,11-14,17,20,24,27-30,40H,6,10,15-16,18-19H2,1H3,(H,37,41)/b7-3-/t20-,24-,27+,28-,29+,30+,34-/m1/s1. The first kappa shape index (κ1) is 32.4. The van der Waals surface area contributed by atoms with Crippen molar-refractivity contribution in [1.29, 1.82) is 0 Å². The van der Waals surface area contributed by atoms with Gasteiger partial charge in [0.05, 0.1) is 25.1 Å². The Hall–Kier alpha value is -3.51. The number of aliphatic hydroxyl groups excluding tert-OH is 1. The zero-order chi connectivity index (χ0) is 32.6. The van der Waals surface area contributed by atoms with E-state index in [-0.39, 0.29) is 31.8 Å². The van der Waals surface area contributed by atoms with E-state index >= 15 is 4.79 Å². The van der Waals surface area contributed by atoms with Crippen molar-refractivity contribution in [2.45, 2.75) is 56.1 Å². The average molecular weight is 713 g/mol. The Balaban J connectivity index is 1.49. The number of halogens is 2. The highest BCUT2D eigenvalue weighted by Crippen LogP contribution is 2.59. The van der Waals surface area contributed by atoms with E-state index < -0.39 is 66.1 Å². The van der Waals surface area contributed by atoms with Gasteiger partial charge in [-0.05, 0) is 55.7 Å². The molecule has 2 N–H and O–H groups in total. The van der Waals surface area contributed by atoms with Crippen molar-refractivity contribution in [3.8, 4) is 0 Å². The van der Waals surface area contributed by atoms with Crippen LogP contribution in [0.3, 0.4) is 0 Å². The lowest BCUT2D eigenvalue weighted by molar-refractivity contribution is -0.159. The number of ether oxygens (including phenoxy) is 2. The van der Waals surface area contributed by atoms with Gasteiger partial charge in [-0.25, -0.2) is 0 Å².